The van der Waals surface area contributed by atoms with Crippen LogP contribution in [-0.2, 0) is 6.18 Å². The highest BCUT2D eigenvalue weighted by atomic mass is 35.5. The average molecular weight is 523 g/mol. The highest BCUT2D eigenvalue weighted by Crippen LogP contribution is 2.42. The number of nitrogens with one attached hydrogen (secondary N) is 1. The second-order valence-electron chi connectivity index (χ2n) is 7.35. The molecule has 4 rings (SSSR count). The SMILES string of the molecule is COc1cc(-c2cc(C(F)(F)F)n3ncc(C(=O)Nc4cc(Cl)ccc4O)c3n2)cc(OC)c1OC. The van der Waals surface area contributed by atoms with Crippen LogP contribution in [0.15, 0.2) is 42.6 Å². The number of phenolic OH excluding ortho intramolecular Hbond substituents is 1. The molecule has 0 aliphatic heterocycles. The first kappa shape index (κ1) is 24.9. The normalized spacial score (nSPS) is 11.4. The minimum absolute atomic E-state index is 0.0383. The second kappa shape index (κ2) is 9.46. The molecule has 13 heteroatoms. The summed E-state index contributed by atoms with van der Waals surface area (Å²) in [5, 5.41) is 16.4. The maximum absolute atomic E-state index is 14.0. The van der Waals surface area contributed by atoms with E-state index in [1.165, 1.54) is 51.7 Å². The zero-order chi connectivity index (χ0) is 26.2. The Morgan fingerprint density at radius 3 is 2.31 bits per heavy atom. The highest BCUT2D eigenvalue weighted by molar-refractivity contribution is 6.31. The lowest BCUT2D eigenvalue weighted by Crippen LogP contribution is -2.16. The number of aromatic hydroxyl groups is 1. The molecule has 4 aromatic rings. The number of aromatic nitrogens is 3. The number of ether oxygens (including phenoxy) is 3. The molecule has 0 aliphatic carbocycles. The zero-order valence-electron chi connectivity index (χ0n) is 19.0. The van der Waals surface area contributed by atoms with Gasteiger partial charge in [0.25, 0.3) is 5.91 Å². The Morgan fingerprint density at radius 1 is 1.06 bits per heavy atom. The Bertz CT molecular complexity index is 1450. The van der Waals surface area contributed by atoms with Crippen molar-refractivity contribution in [2.75, 3.05) is 26.6 Å². The van der Waals surface area contributed by atoms with Crippen LogP contribution < -0.4 is 19.5 Å². The van der Waals surface area contributed by atoms with Crippen molar-refractivity contribution in [3.8, 4) is 34.3 Å². The highest BCUT2D eigenvalue weighted by Gasteiger charge is 2.36. The van der Waals surface area contributed by atoms with Crippen LogP contribution in [0.4, 0.5) is 18.9 Å². The number of rotatable bonds is 6. The number of phenols is 1. The van der Waals surface area contributed by atoms with E-state index in [1.54, 1.807) is 0 Å². The maximum atomic E-state index is 14.0. The summed E-state index contributed by atoms with van der Waals surface area (Å²) in [4.78, 5) is 17.2. The van der Waals surface area contributed by atoms with E-state index in [-0.39, 0.29) is 56.2 Å². The molecule has 0 bridgehead atoms. The summed E-state index contributed by atoms with van der Waals surface area (Å²) in [5.74, 6) is -0.502. The van der Waals surface area contributed by atoms with Gasteiger partial charge in [0.1, 0.15) is 11.3 Å². The van der Waals surface area contributed by atoms with E-state index in [0.29, 0.717) is 4.52 Å². The Balaban J connectivity index is 1.90. The maximum Gasteiger partial charge on any atom is 0.433 e. The van der Waals surface area contributed by atoms with Gasteiger partial charge in [0.05, 0.1) is 38.9 Å². The minimum Gasteiger partial charge on any atom is -0.506 e. The van der Waals surface area contributed by atoms with Crippen molar-refractivity contribution in [1.29, 1.82) is 0 Å². The molecule has 9 nitrogen and oxygen atoms in total. The number of hydrogen-bond acceptors (Lipinski definition) is 7. The van der Waals surface area contributed by atoms with Gasteiger partial charge in [-0.2, -0.15) is 18.3 Å². The summed E-state index contributed by atoms with van der Waals surface area (Å²) >= 11 is 5.91. The first-order valence-corrected chi connectivity index (χ1v) is 10.5. The summed E-state index contributed by atoms with van der Waals surface area (Å²) in [7, 11) is 4.12. The average Bonchev–Trinajstić information content (AvgIpc) is 3.28. The van der Waals surface area contributed by atoms with Gasteiger partial charge < -0.3 is 24.6 Å². The van der Waals surface area contributed by atoms with Gasteiger partial charge in [0.15, 0.2) is 22.8 Å². The fraction of sp³-hybridized carbons (Fsp3) is 0.174. The largest absolute Gasteiger partial charge is 0.506 e. The van der Waals surface area contributed by atoms with Gasteiger partial charge in [-0.3, -0.25) is 4.79 Å². The van der Waals surface area contributed by atoms with Gasteiger partial charge in [0, 0.05) is 10.6 Å². The number of alkyl halides is 3. The predicted molar refractivity (Wildman–Crippen MR) is 124 cm³/mol. The smallest absolute Gasteiger partial charge is 0.433 e. The van der Waals surface area contributed by atoms with Crippen LogP contribution in [0.3, 0.4) is 0 Å². The molecule has 2 heterocycles. The van der Waals surface area contributed by atoms with Crippen molar-refractivity contribution in [1.82, 2.24) is 14.6 Å². The first-order valence-electron chi connectivity index (χ1n) is 10.1. The minimum atomic E-state index is -4.83. The van der Waals surface area contributed by atoms with Crippen LogP contribution in [0.1, 0.15) is 16.1 Å². The molecular weight excluding hydrogens is 505 g/mol. The molecule has 1 amide bonds. The van der Waals surface area contributed by atoms with Crippen LogP contribution >= 0.6 is 11.6 Å². The molecular formula is C23H18ClF3N4O5. The van der Waals surface area contributed by atoms with Gasteiger partial charge in [-0.15, -0.1) is 0 Å². The van der Waals surface area contributed by atoms with Gasteiger partial charge in [-0.05, 0) is 36.4 Å². The Labute approximate surface area is 207 Å². The molecule has 2 aromatic carbocycles. The summed E-state index contributed by atoms with van der Waals surface area (Å²) in [6, 6.07) is 7.61. The molecule has 0 saturated heterocycles. The summed E-state index contributed by atoms with van der Waals surface area (Å²) in [5.41, 5.74) is -1.77. The van der Waals surface area contributed by atoms with Gasteiger partial charge >= 0.3 is 6.18 Å². The number of amides is 1. The van der Waals surface area contributed by atoms with E-state index < -0.39 is 17.8 Å². The number of anilines is 1. The molecule has 0 fully saturated rings. The summed E-state index contributed by atoms with van der Waals surface area (Å²) in [6.07, 6.45) is -3.88. The molecule has 0 radical (unpaired) electrons. The van der Waals surface area contributed by atoms with Crippen LogP contribution in [0, 0.1) is 0 Å². The Kier molecular flexibility index (Phi) is 6.55. The molecule has 0 atom stereocenters. The van der Waals surface area contributed by atoms with Crippen molar-refractivity contribution in [3.05, 3.63) is 58.9 Å². The molecule has 0 saturated carbocycles. The number of carbonyl (C=O) groups is 1. The van der Waals surface area contributed by atoms with Crippen LogP contribution in [0.25, 0.3) is 16.9 Å². The molecule has 0 unspecified atom stereocenters. The quantitative estimate of drug-likeness (QED) is 0.341. The molecule has 2 aromatic heterocycles. The van der Waals surface area contributed by atoms with E-state index >= 15 is 0 Å². The van der Waals surface area contributed by atoms with E-state index in [4.69, 9.17) is 25.8 Å². The van der Waals surface area contributed by atoms with Crippen molar-refractivity contribution in [3.63, 3.8) is 0 Å². The van der Waals surface area contributed by atoms with Crippen molar-refractivity contribution in [2.45, 2.75) is 6.18 Å². The Hall–Kier alpha value is -4.19. The zero-order valence-corrected chi connectivity index (χ0v) is 19.7. The first-order chi connectivity index (χ1) is 17.1. The van der Waals surface area contributed by atoms with Crippen molar-refractivity contribution in [2.24, 2.45) is 0 Å². The number of halogens is 4. The molecule has 36 heavy (non-hydrogen) atoms. The number of benzene rings is 2. The standard InChI is InChI=1S/C23H18ClF3N4O5/c1-34-17-6-11(7-18(35-2)20(17)36-3)14-9-19(23(25,26)27)31-21(29-14)13(10-28-31)22(33)30-15-8-12(24)4-5-16(15)32/h4-10,32H,1-3H3,(H,30,33). The van der Waals surface area contributed by atoms with E-state index in [9.17, 15) is 23.1 Å². The van der Waals surface area contributed by atoms with Crippen molar-refractivity contribution < 1.29 is 37.3 Å². The second-order valence-corrected chi connectivity index (χ2v) is 7.78. The number of hydrogen-bond donors (Lipinski definition) is 2. The van der Waals surface area contributed by atoms with Gasteiger partial charge in [-0.25, -0.2) is 9.50 Å². The van der Waals surface area contributed by atoms with E-state index in [0.717, 1.165) is 12.3 Å². The molecule has 0 spiro atoms. The van der Waals surface area contributed by atoms with E-state index in [2.05, 4.69) is 15.4 Å². The molecule has 188 valence electrons. The summed E-state index contributed by atoms with van der Waals surface area (Å²) < 4.78 is 58.3. The fourth-order valence-corrected chi connectivity index (χ4v) is 3.67. The topological polar surface area (TPSA) is 107 Å². The monoisotopic (exact) mass is 522 g/mol. The number of fused-ring (bicyclic) bond motifs is 1. The third kappa shape index (κ3) is 4.54. The summed E-state index contributed by atoms with van der Waals surface area (Å²) in [6.45, 7) is 0. The Morgan fingerprint density at radius 2 is 1.72 bits per heavy atom. The lowest BCUT2D eigenvalue weighted by atomic mass is 10.1. The fourth-order valence-electron chi connectivity index (χ4n) is 3.50. The van der Waals surface area contributed by atoms with E-state index in [1.807, 2.05) is 0 Å². The van der Waals surface area contributed by atoms with Crippen LogP contribution in [0.5, 0.6) is 23.0 Å². The molecule has 2 N–H and O–H groups in total. The van der Waals surface area contributed by atoms with Crippen LogP contribution in [0.2, 0.25) is 5.02 Å². The predicted octanol–water partition coefficient (Wildman–Crippen LogP) is 5.05. The van der Waals surface area contributed by atoms with Crippen LogP contribution in [-0.4, -0.2) is 46.9 Å². The lowest BCUT2D eigenvalue weighted by Gasteiger charge is -2.15. The van der Waals surface area contributed by atoms with Gasteiger partial charge in [0.2, 0.25) is 5.75 Å². The van der Waals surface area contributed by atoms with Crippen molar-refractivity contribution >= 4 is 28.8 Å². The van der Waals surface area contributed by atoms with Gasteiger partial charge in [-0.1, -0.05) is 11.6 Å². The number of methoxy groups -OCH3 is 3. The number of nitrogens with zero attached hydrogens (tertiary/aromatic N) is 3. The lowest BCUT2D eigenvalue weighted by molar-refractivity contribution is -0.142. The third-order valence-corrected chi connectivity index (χ3v) is 5.41. The third-order valence-electron chi connectivity index (χ3n) is 5.17. The molecule has 0 aliphatic rings. The number of carbonyl (C=O) groups excluding carboxylic acids is 1.